The molecule has 2 bridgehead atoms. The van der Waals surface area contributed by atoms with Crippen molar-refractivity contribution in [3.05, 3.63) is 29.8 Å². The molecule has 0 saturated heterocycles. The highest BCUT2D eigenvalue weighted by molar-refractivity contribution is 6.89. The van der Waals surface area contributed by atoms with Gasteiger partial charge in [-0.25, -0.2) is 0 Å². The first-order chi connectivity index (χ1) is 10.3. The Bertz CT molecular complexity index is 595. The second-order valence-corrected chi connectivity index (χ2v) is 13.5. The Morgan fingerprint density at radius 3 is 2.36 bits per heavy atom. The molecule has 0 amide bonds. The Morgan fingerprint density at radius 1 is 1.14 bits per heavy atom. The standard InChI is InChI=1S/C21H30Si/c1-6-7-16-8-12-19(13-9-16)22(4,5)15-17-10-11-18-14-20(17)21(18,2)3/h8-9,12-13,17-18,20H,10-11,14-15H2,1-5H3. The molecular formula is C21H30Si. The SMILES string of the molecule is CC#Cc1ccc([Si](C)(C)CC2CCC3CC2C3(C)C)cc1. The number of hydrogen-bond donors (Lipinski definition) is 0. The van der Waals surface area contributed by atoms with E-state index in [0.717, 1.165) is 23.3 Å². The highest BCUT2D eigenvalue weighted by Crippen LogP contribution is 2.62. The molecule has 118 valence electrons. The summed E-state index contributed by atoms with van der Waals surface area (Å²) in [6.07, 6.45) is 4.46. The third kappa shape index (κ3) is 2.67. The molecule has 0 aromatic heterocycles. The fourth-order valence-electron chi connectivity index (χ4n) is 5.13. The molecule has 3 aliphatic rings. The van der Waals surface area contributed by atoms with Gasteiger partial charge in [-0.3, -0.25) is 0 Å². The number of fused-ring (bicyclic) bond motifs is 2. The van der Waals surface area contributed by atoms with Crippen molar-refractivity contribution in [3.8, 4) is 11.8 Å². The van der Waals surface area contributed by atoms with Crippen LogP contribution in [0.3, 0.4) is 0 Å². The van der Waals surface area contributed by atoms with E-state index in [1.807, 2.05) is 6.92 Å². The van der Waals surface area contributed by atoms with Crippen molar-refractivity contribution < 1.29 is 0 Å². The minimum Gasteiger partial charge on any atom is -0.101 e. The topological polar surface area (TPSA) is 0 Å². The van der Waals surface area contributed by atoms with Crippen molar-refractivity contribution in [2.45, 2.75) is 59.2 Å². The van der Waals surface area contributed by atoms with E-state index in [1.54, 1.807) is 5.19 Å². The summed E-state index contributed by atoms with van der Waals surface area (Å²) in [5.41, 5.74) is 1.77. The van der Waals surface area contributed by atoms with Crippen LogP contribution in [-0.2, 0) is 0 Å². The molecule has 3 fully saturated rings. The van der Waals surface area contributed by atoms with Crippen molar-refractivity contribution in [2.75, 3.05) is 0 Å². The van der Waals surface area contributed by atoms with Crippen molar-refractivity contribution in [1.29, 1.82) is 0 Å². The van der Waals surface area contributed by atoms with Crippen molar-refractivity contribution >= 4 is 13.3 Å². The van der Waals surface area contributed by atoms with E-state index >= 15 is 0 Å². The van der Waals surface area contributed by atoms with Gasteiger partial charge in [-0.2, -0.15) is 0 Å². The van der Waals surface area contributed by atoms with E-state index < -0.39 is 8.07 Å². The monoisotopic (exact) mass is 310 g/mol. The minimum absolute atomic E-state index is 0.619. The molecule has 0 heterocycles. The average molecular weight is 311 g/mol. The third-order valence-electron chi connectivity index (χ3n) is 6.71. The molecule has 3 atom stereocenters. The first-order valence-electron chi connectivity index (χ1n) is 8.88. The molecule has 22 heavy (non-hydrogen) atoms. The lowest BCUT2D eigenvalue weighted by Crippen LogP contribution is -2.55. The molecule has 3 aliphatic carbocycles. The molecule has 1 aromatic carbocycles. The van der Waals surface area contributed by atoms with E-state index in [2.05, 4.69) is 63.0 Å². The molecule has 0 nitrogen and oxygen atoms in total. The minimum atomic E-state index is -1.34. The molecule has 3 unspecified atom stereocenters. The molecule has 4 rings (SSSR count). The Hall–Kier alpha value is -1.00. The second-order valence-electron chi connectivity index (χ2n) is 8.74. The zero-order valence-corrected chi connectivity index (χ0v) is 15.9. The van der Waals surface area contributed by atoms with Gasteiger partial charge in [-0.05, 0) is 55.1 Å². The summed E-state index contributed by atoms with van der Waals surface area (Å²) in [4.78, 5) is 0. The lowest BCUT2D eigenvalue weighted by Gasteiger charge is -2.61. The predicted molar refractivity (Wildman–Crippen MR) is 99.0 cm³/mol. The van der Waals surface area contributed by atoms with Crippen molar-refractivity contribution in [2.24, 2.45) is 23.2 Å². The van der Waals surface area contributed by atoms with Crippen molar-refractivity contribution in [1.82, 2.24) is 0 Å². The van der Waals surface area contributed by atoms with Gasteiger partial charge in [0.25, 0.3) is 0 Å². The van der Waals surface area contributed by atoms with Crippen molar-refractivity contribution in [3.63, 3.8) is 0 Å². The van der Waals surface area contributed by atoms with Gasteiger partial charge in [0.1, 0.15) is 0 Å². The smallest absolute Gasteiger partial charge is 0.0809 e. The fraction of sp³-hybridized carbons (Fsp3) is 0.619. The third-order valence-corrected chi connectivity index (χ3v) is 10.2. The van der Waals surface area contributed by atoms with Gasteiger partial charge in [0.2, 0.25) is 0 Å². The van der Waals surface area contributed by atoms with Crippen LogP contribution in [0.25, 0.3) is 0 Å². The molecule has 1 heteroatoms. The summed E-state index contributed by atoms with van der Waals surface area (Å²) in [7, 11) is -1.34. The Kier molecular flexibility index (Phi) is 4.02. The molecular weight excluding hydrogens is 280 g/mol. The first kappa shape index (κ1) is 15.9. The van der Waals surface area contributed by atoms with E-state index in [9.17, 15) is 0 Å². The van der Waals surface area contributed by atoms with Crippen LogP contribution < -0.4 is 5.19 Å². The molecule has 0 aliphatic heterocycles. The normalized spacial score (nSPS) is 29.2. The van der Waals surface area contributed by atoms with Gasteiger partial charge in [-0.15, -0.1) is 5.92 Å². The number of benzene rings is 1. The largest absolute Gasteiger partial charge is 0.101 e. The maximum Gasteiger partial charge on any atom is 0.0809 e. The quantitative estimate of drug-likeness (QED) is 0.541. The molecule has 3 saturated carbocycles. The zero-order chi connectivity index (χ0) is 16.0. The molecule has 0 radical (unpaired) electrons. The first-order valence-corrected chi connectivity index (χ1v) is 12.1. The maximum atomic E-state index is 3.16. The van der Waals surface area contributed by atoms with Gasteiger partial charge in [0.05, 0.1) is 8.07 Å². The lowest BCUT2D eigenvalue weighted by atomic mass is 9.46. The second kappa shape index (κ2) is 5.57. The molecule has 1 aromatic rings. The van der Waals surface area contributed by atoms with E-state index in [4.69, 9.17) is 0 Å². The Labute approximate surface area is 137 Å². The summed E-state index contributed by atoms with van der Waals surface area (Å²) < 4.78 is 0. The van der Waals surface area contributed by atoms with Crippen LogP contribution in [0, 0.1) is 35.0 Å². The van der Waals surface area contributed by atoms with Gasteiger partial charge in [0.15, 0.2) is 0 Å². The van der Waals surface area contributed by atoms with Crippen LogP contribution in [-0.4, -0.2) is 8.07 Å². The highest BCUT2D eigenvalue weighted by atomic mass is 28.3. The van der Waals surface area contributed by atoms with Crippen LogP contribution in [0.1, 0.15) is 45.6 Å². The lowest BCUT2D eigenvalue weighted by molar-refractivity contribution is -0.0990. The average Bonchev–Trinajstić information content (AvgIpc) is 2.47. The zero-order valence-electron chi connectivity index (χ0n) is 14.9. The van der Waals surface area contributed by atoms with Gasteiger partial charge >= 0.3 is 0 Å². The highest BCUT2D eigenvalue weighted by Gasteiger charge is 2.54. The van der Waals surface area contributed by atoms with Crippen LogP contribution in [0.5, 0.6) is 0 Å². The van der Waals surface area contributed by atoms with Crippen LogP contribution in [0.4, 0.5) is 0 Å². The fourth-order valence-corrected chi connectivity index (χ4v) is 8.23. The van der Waals surface area contributed by atoms with E-state index in [1.165, 1.54) is 25.3 Å². The Morgan fingerprint density at radius 2 is 1.82 bits per heavy atom. The Balaban J connectivity index is 1.74. The predicted octanol–water partition coefficient (Wildman–Crippen LogP) is 5.05. The van der Waals surface area contributed by atoms with Gasteiger partial charge in [-0.1, -0.05) is 62.6 Å². The van der Waals surface area contributed by atoms with Crippen LogP contribution >= 0.6 is 0 Å². The molecule has 0 spiro atoms. The number of rotatable bonds is 3. The maximum absolute atomic E-state index is 3.16. The summed E-state index contributed by atoms with van der Waals surface area (Å²) in [6.45, 7) is 12.1. The summed E-state index contributed by atoms with van der Waals surface area (Å²) >= 11 is 0. The van der Waals surface area contributed by atoms with E-state index in [0.29, 0.717) is 5.41 Å². The van der Waals surface area contributed by atoms with Crippen LogP contribution in [0.15, 0.2) is 24.3 Å². The van der Waals surface area contributed by atoms with Crippen LogP contribution in [0.2, 0.25) is 19.1 Å². The number of hydrogen-bond acceptors (Lipinski definition) is 0. The van der Waals surface area contributed by atoms with Gasteiger partial charge in [0, 0.05) is 5.56 Å². The molecule has 0 N–H and O–H groups in total. The van der Waals surface area contributed by atoms with Gasteiger partial charge < -0.3 is 0 Å². The van der Waals surface area contributed by atoms with E-state index in [-0.39, 0.29) is 0 Å². The summed E-state index contributed by atoms with van der Waals surface area (Å²) in [6, 6.07) is 10.6. The summed E-state index contributed by atoms with van der Waals surface area (Å²) in [5.74, 6) is 9.12. The summed E-state index contributed by atoms with van der Waals surface area (Å²) in [5, 5.41) is 1.61.